The lowest BCUT2D eigenvalue weighted by atomic mass is 9.99. The van der Waals surface area contributed by atoms with Crippen LogP contribution in [0.25, 0.3) is 0 Å². The van der Waals surface area contributed by atoms with Gasteiger partial charge in [0, 0.05) is 34.6 Å². The topological polar surface area (TPSA) is 51.3 Å². The molecule has 23 heavy (non-hydrogen) atoms. The summed E-state index contributed by atoms with van der Waals surface area (Å²) in [6, 6.07) is 7.93. The summed E-state index contributed by atoms with van der Waals surface area (Å²) in [5.41, 5.74) is 9.59. The molecule has 2 heterocycles. The van der Waals surface area contributed by atoms with Crippen LogP contribution >= 0.6 is 28.3 Å². The van der Waals surface area contributed by atoms with Gasteiger partial charge in [0.2, 0.25) is 0 Å². The Bertz CT molecular complexity index is 727. The molecule has 0 saturated carbocycles. The number of carbonyl (C=O) groups excluding carboxylic acids is 1. The molecule has 2 N–H and O–H groups in total. The van der Waals surface area contributed by atoms with Crippen LogP contribution in [-0.4, -0.2) is 17.0 Å². The fraction of sp³-hybridized carbons (Fsp3) is 0.353. The van der Waals surface area contributed by atoms with E-state index in [2.05, 4.69) is 29.8 Å². The zero-order chi connectivity index (χ0) is 15.9. The smallest absolute Gasteiger partial charge is 0.274 e. The number of benzene rings is 1. The normalized spacial score (nSPS) is 13.7. The Balaban J connectivity index is 0.00000192. The van der Waals surface area contributed by atoms with Crippen molar-refractivity contribution in [3.63, 3.8) is 0 Å². The zero-order valence-electron chi connectivity index (χ0n) is 13.3. The third kappa shape index (κ3) is 3.26. The molecule has 6 heteroatoms. The second-order valence-electron chi connectivity index (χ2n) is 5.95. The van der Waals surface area contributed by atoms with Crippen LogP contribution in [0.15, 0.2) is 34.9 Å². The van der Waals surface area contributed by atoms with E-state index in [9.17, 15) is 4.79 Å². The van der Waals surface area contributed by atoms with E-state index in [0.29, 0.717) is 5.69 Å². The first kappa shape index (κ1) is 17.9. The third-order valence-electron chi connectivity index (χ3n) is 4.12. The van der Waals surface area contributed by atoms with Gasteiger partial charge in [-0.05, 0) is 66.4 Å². The second kappa shape index (κ2) is 6.97. The Morgan fingerprint density at radius 2 is 2.09 bits per heavy atom. The van der Waals surface area contributed by atoms with Crippen molar-refractivity contribution < 1.29 is 4.79 Å². The molecular formula is C17H21BrClN3O. The molecule has 0 radical (unpaired) electrons. The molecule has 1 aliphatic heterocycles. The van der Waals surface area contributed by atoms with E-state index in [1.807, 2.05) is 39.9 Å². The highest BCUT2D eigenvalue weighted by atomic mass is 79.9. The predicted molar refractivity (Wildman–Crippen MR) is 101 cm³/mol. The van der Waals surface area contributed by atoms with Gasteiger partial charge in [-0.15, -0.1) is 12.4 Å². The molecule has 124 valence electrons. The first-order valence-electron chi connectivity index (χ1n) is 7.55. The van der Waals surface area contributed by atoms with E-state index < -0.39 is 0 Å². The van der Waals surface area contributed by atoms with E-state index in [0.717, 1.165) is 40.8 Å². The number of rotatable bonds is 2. The molecule has 1 aromatic carbocycles. The van der Waals surface area contributed by atoms with Crippen LogP contribution in [0.2, 0.25) is 0 Å². The minimum Gasteiger partial charge on any atom is -0.398 e. The zero-order valence-corrected chi connectivity index (χ0v) is 15.7. The van der Waals surface area contributed by atoms with Crippen LogP contribution in [0, 0.1) is 0 Å². The Kier molecular flexibility index (Phi) is 5.42. The lowest BCUT2D eigenvalue weighted by molar-refractivity contribution is 0.0975. The van der Waals surface area contributed by atoms with Crippen LogP contribution in [0.3, 0.4) is 0 Å². The van der Waals surface area contributed by atoms with Gasteiger partial charge in [-0.1, -0.05) is 6.07 Å². The number of nitrogens with two attached hydrogens (primary N) is 1. The van der Waals surface area contributed by atoms with E-state index in [1.54, 1.807) is 0 Å². The molecule has 0 atom stereocenters. The van der Waals surface area contributed by atoms with Crippen molar-refractivity contribution in [2.75, 3.05) is 17.2 Å². The SMILES string of the molecule is CC(C)n1cc(Br)cc1C(=O)N1CCCc2c(N)cccc21.Cl. The Labute approximate surface area is 151 Å². The monoisotopic (exact) mass is 397 g/mol. The van der Waals surface area contributed by atoms with Gasteiger partial charge in [-0.3, -0.25) is 4.79 Å². The van der Waals surface area contributed by atoms with Crippen molar-refractivity contribution >= 4 is 45.6 Å². The Hall–Kier alpha value is -1.46. The number of nitrogens with zero attached hydrogens (tertiary/aromatic N) is 2. The largest absolute Gasteiger partial charge is 0.398 e. The van der Waals surface area contributed by atoms with Gasteiger partial charge < -0.3 is 15.2 Å². The molecule has 0 spiro atoms. The molecule has 1 aromatic heterocycles. The van der Waals surface area contributed by atoms with E-state index in [4.69, 9.17) is 5.73 Å². The lowest BCUT2D eigenvalue weighted by Crippen LogP contribution is -2.37. The third-order valence-corrected chi connectivity index (χ3v) is 4.56. The summed E-state index contributed by atoms with van der Waals surface area (Å²) < 4.78 is 2.93. The van der Waals surface area contributed by atoms with Crippen molar-refractivity contribution in [2.24, 2.45) is 0 Å². The van der Waals surface area contributed by atoms with Crippen LogP contribution in [0.1, 0.15) is 42.4 Å². The summed E-state index contributed by atoms with van der Waals surface area (Å²) in [4.78, 5) is 14.9. The highest BCUT2D eigenvalue weighted by molar-refractivity contribution is 9.10. The molecule has 1 amide bonds. The molecule has 0 bridgehead atoms. The van der Waals surface area contributed by atoms with Crippen molar-refractivity contribution in [1.29, 1.82) is 0 Å². The van der Waals surface area contributed by atoms with E-state index in [-0.39, 0.29) is 24.4 Å². The van der Waals surface area contributed by atoms with Crippen molar-refractivity contribution in [1.82, 2.24) is 4.57 Å². The number of hydrogen-bond acceptors (Lipinski definition) is 2. The van der Waals surface area contributed by atoms with Gasteiger partial charge >= 0.3 is 0 Å². The van der Waals surface area contributed by atoms with Crippen molar-refractivity contribution in [2.45, 2.75) is 32.7 Å². The molecular weight excluding hydrogens is 378 g/mol. The highest BCUT2D eigenvalue weighted by Crippen LogP contribution is 2.33. The predicted octanol–water partition coefficient (Wildman–Crippen LogP) is 4.43. The van der Waals surface area contributed by atoms with E-state index >= 15 is 0 Å². The van der Waals surface area contributed by atoms with Gasteiger partial charge in [0.15, 0.2) is 0 Å². The van der Waals surface area contributed by atoms with Gasteiger partial charge in [-0.2, -0.15) is 0 Å². The number of halogens is 2. The van der Waals surface area contributed by atoms with Crippen molar-refractivity contribution in [3.05, 3.63) is 46.2 Å². The van der Waals surface area contributed by atoms with Crippen LogP contribution in [0.5, 0.6) is 0 Å². The number of aromatic nitrogens is 1. The second-order valence-corrected chi connectivity index (χ2v) is 6.87. The Morgan fingerprint density at radius 3 is 2.78 bits per heavy atom. The molecule has 0 aliphatic carbocycles. The summed E-state index contributed by atoms with van der Waals surface area (Å²) in [7, 11) is 0. The van der Waals surface area contributed by atoms with Gasteiger partial charge in [-0.25, -0.2) is 0 Å². The number of fused-ring (bicyclic) bond motifs is 1. The van der Waals surface area contributed by atoms with E-state index in [1.165, 1.54) is 0 Å². The maximum atomic E-state index is 13.1. The number of carbonyl (C=O) groups is 1. The van der Waals surface area contributed by atoms with Gasteiger partial charge in [0.1, 0.15) is 5.69 Å². The molecule has 0 fully saturated rings. The summed E-state index contributed by atoms with van der Waals surface area (Å²) in [6.07, 6.45) is 3.83. The van der Waals surface area contributed by atoms with Gasteiger partial charge in [0.05, 0.1) is 0 Å². The van der Waals surface area contributed by atoms with Crippen LogP contribution < -0.4 is 10.6 Å². The standard InChI is InChI=1S/C17H20BrN3O.ClH/c1-11(2)21-10-12(18)9-16(21)17(22)20-8-4-5-13-14(19)6-3-7-15(13)20;/h3,6-7,9-11H,4-5,8,19H2,1-2H3;1H. The quantitative estimate of drug-likeness (QED) is 0.761. The fourth-order valence-corrected chi connectivity index (χ4v) is 3.48. The molecule has 0 unspecified atom stereocenters. The maximum Gasteiger partial charge on any atom is 0.274 e. The summed E-state index contributed by atoms with van der Waals surface area (Å²) >= 11 is 3.48. The van der Waals surface area contributed by atoms with Crippen LogP contribution in [0.4, 0.5) is 11.4 Å². The number of nitrogen functional groups attached to an aromatic ring is 1. The Morgan fingerprint density at radius 1 is 1.35 bits per heavy atom. The summed E-state index contributed by atoms with van der Waals surface area (Å²) in [5, 5.41) is 0. The average molecular weight is 399 g/mol. The molecule has 1 aliphatic rings. The average Bonchev–Trinajstić information content (AvgIpc) is 2.89. The van der Waals surface area contributed by atoms with Crippen LogP contribution in [-0.2, 0) is 6.42 Å². The first-order chi connectivity index (χ1) is 10.5. The lowest BCUT2D eigenvalue weighted by Gasteiger charge is -2.30. The first-order valence-corrected chi connectivity index (χ1v) is 8.35. The number of anilines is 2. The van der Waals surface area contributed by atoms with Crippen molar-refractivity contribution in [3.8, 4) is 0 Å². The molecule has 3 rings (SSSR count). The fourth-order valence-electron chi connectivity index (χ4n) is 3.05. The maximum absolute atomic E-state index is 13.1. The molecule has 2 aromatic rings. The summed E-state index contributed by atoms with van der Waals surface area (Å²) in [5.74, 6) is 0.0333. The van der Waals surface area contributed by atoms with Gasteiger partial charge in [0.25, 0.3) is 5.91 Å². The summed E-state index contributed by atoms with van der Waals surface area (Å²) in [6.45, 7) is 4.88. The minimum absolute atomic E-state index is 0. The number of amides is 1. The number of hydrogen-bond donors (Lipinski definition) is 1. The minimum atomic E-state index is 0. The molecule has 4 nitrogen and oxygen atoms in total. The molecule has 0 saturated heterocycles. The highest BCUT2D eigenvalue weighted by Gasteiger charge is 2.27.